The number of halogens is 3. The second kappa shape index (κ2) is 6.05. The summed E-state index contributed by atoms with van der Waals surface area (Å²) in [5, 5.41) is 18.9. The number of anilines is 1. The van der Waals surface area contributed by atoms with E-state index in [-0.39, 0.29) is 37.7 Å². The summed E-state index contributed by atoms with van der Waals surface area (Å²) in [5.74, 6) is 0.385. The molecule has 0 spiro atoms. The predicted octanol–water partition coefficient (Wildman–Crippen LogP) is 1.07. The normalized spacial score (nSPS) is 17.9. The highest BCUT2D eigenvalue weighted by atomic mass is 32.2. The van der Waals surface area contributed by atoms with Crippen LogP contribution >= 0.6 is 0 Å². The van der Waals surface area contributed by atoms with Crippen LogP contribution in [0.3, 0.4) is 0 Å². The molecule has 0 atom stereocenters. The maximum absolute atomic E-state index is 12.4. The van der Waals surface area contributed by atoms with Crippen molar-refractivity contribution in [2.45, 2.75) is 24.4 Å². The van der Waals surface area contributed by atoms with Gasteiger partial charge < -0.3 is 5.32 Å². The minimum Gasteiger partial charge on any atom is -0.366 e. The number of alkyl halides is 3. The van der Waals surface area contributed by atoms with Crippen LogP contribution in [0.15, 0.2) is 12.1 Å². The van der Waals surface area contributed by atoms with Crippen LogP contribution in [0.25, 0.3) is 0 Å². The Morgan fingerprint density at radius 1 is 1.27 bits per heavy atom. The first-order valence-electron chi connectivity index (χ1n) is 6.31. The molecule has 1 saturated heterocycles. The molecule has 11 heteroatoms. The lowest BCUT2D eigenvalue weighted by atomic mass is 10.1. The van der Waals surface area contributed by atoms with E-state index >= 15 is 0 Å². The highest BCUT2D eigenvalue weighted by Crippen LogP contribution is 2.29. The largest absolute Gasteiger partial charge is 0.511 e. The van der Waals surface area contributed by atoms with Gasteiger partial charge in [-0.25, -0.2) is 8.42 Å². The fourth-order valence-corrected chi connectivity index (χ4v) is 3.05. The summed E-state index contributed by atoms with van der Waals surface area (Å²) in [6.45, 7) is -0.438. The van der Waals surface area contributed by atoms with E-state index in [4.69, 9.17) is 5.26 Å². The van der Waals surface area contributed by atoms with Gasteiger partial charge in [0.2, 0.25) is 0 Å². The van der Waals surface area contributed by atoms with Gasteiger partial charge in [-0.1, -0.05) is 0 Å². The van der Waals surface area contributed by atoms with Crippen LogP contribution in [0.2, 0.25) is 0 Å². The van der Waals surface area contributed by atoms with Crippen LogP contribution in [0, 0.1) is 11.3 Å². The predicted molar refractivity (Wildman–Crippen MR) is 69.9 cm³/mol. The molecule has 0 aliphatic carbocycles. The highest BCUT2D eigenvalue weighted by molar-refractivity contribution is 7.90. The summed E-state index contributed by atoms with van der Waals surface area (Å²) in [6, 6.07) is 4.60. The Balaban J connectivity index is 1.94. The van der Waals surface area contributed by atoms with Crippen molar-refractivity contribution < 1.29 is 21.6 Å². The zero-order valence-electron chi connectivity index (χ0n) is 11.2. The topological polar surface area (TPSA) is 99.0 Å². The molecule has 1 aromatic heterocycles. The summed E-state index contributed by atoms with van der Waals surface area (Å²) in [4.78, 5) is 0. The molecule has 1 fully saturated rings. The molecule has 0 saturated carbocycles. The van der Waals surface area contributed by atoms with Crippen molar-refractivity contribution in [3.05, 3.63) is 17.8 Å². The van der Waals surface area contributed by atoms with E-state index in [0.29, 0.717) is 10.1 Å². The van der Waals surface area contributed by atoms with Crippen LogP contribution in [-0.4, -0.2) is 47.6 Å². The molecule has 7 nitrogen and oxygen atoms in total. The number of nitrogens with one attached hydrogen (secondary N) is 1. The first-order chi connectivity index (χ1) is 10.2. The van der Waals surface area contributed by atoms with E-state index in [1.165, 1.54) is 12.1 Å². The van der Waals surface area contributed by atoms with Crippen LogP contribution < -0.4 is 5.32 Å². The Kier molecular flexibility index (Phi) is 4.52. The quantitative estimate of drug-likeness (QED) is 0.887. The monoisotopic (exact) mass is 335 g/mol. The van der Waals surface area contributed by atoms with Crippen LogP contribution in [0.1, 0.15) is 18.5 Å². The Bertz CT molecular complexity index is 660. The van der Waals surface area contributed by atoms with Crippen LogP contribution in [0.4, 0.5) is 19.0 Å². The lowest BCUT2D eigenvalue weighted by Crippen LogP contribution is -2.47. The molecule has 120 valence electrons. The summed E-state index contributed by atoms with van der Waals surface area (Å²) >= 11 is 0. The van der Waals surface area contributed by atoms with Gasteiger partial charge >= 0.3 is 15.5 Å². The van der Waals surface area contributed by atoms with Gasteiger partial charge in [-0.05, 0) is 25.0 Å². The maximum Gasteiger partial charge on any atom is 0.511 e. The lowest BCUT2D eigenvalue weighted by Gasteiger charge is -2.32. The molecule has 22 heavy (non-hydrogen) atoms. The molecule has 1 N–H and O–H groups in total. The fraction of sp³-hybridized carbons (Fsp3) is 0.545. The van der Waals surface area contributed by atoms with E-state index in [1.807, 2.05) is 6.07 Å². The molecule has 0 unspecified atom stereocenters. The van der Waals surface area contributed by atoms with Crippen LogP contribution in [-0.2, 0) is 10.0 Å². The van der Waals surface area contributed by atoms with Crippen molar-refractivity contribution >= 4 is 15.8 Å². The minimum absolute atomic E-state index is 0.150. The van der Waals surface area contributed by atoms with Crippen molar-refractivity contribution in [2.24, 2.45) is 0 Å². The lowest BCUT2D eigenvalue weighted by molar-refractivity contribution is -0.0494. The SMILES string of the molecule is N#Cc1ccc(NC2CCN(S(=O)(=O)C(F)(F)F)CC2)nn1. The standard InChI is InChI=1S/C11H12F3N5O2S/c12-11(13,14)22(20,21)19-5-3-8(4-6-19)16-10-2-1-9(7-15)17-18-10/h1-2,8H,3-6H2,(H,16,18). The van der Waals surface area contributed by atoms with E-state index in [1.54, 1.807) is 0 Å². The molecule has 1 aliphatic heterocycles. The molecule has 1 aliphatic rings. The smallest absolute Gasteiger partial charge is 0.366 e. The number of hydrogen-bond donors (Lipinski definition) is 1. The van der Waals surface area contributed by atoms with Gasteiger partial charge in [-0.3, -0.25) is 0 Å². The Morgan fingerprint density at radius 2 is 1.91 bits per heavy atom. The molecule has 0 amide bonds. The Morgan fingerprint density at radius 3 is 2.36 bits per heavy atom. The van der Waals surface area contributed by atoms with Crippen molar-refractivity contribution in [1.82, 2.24) is 14.5 Å². The third-order valence-corrected chi connectivity index (χ3v) is 4.85. The van der Waals surface area contributed by atoms with E-state index < -0.39 is 15.5 Å². The zero-order chi connectivity index (χ0) is 16.4. The van der Waals surface area contributed by atoms with E-state index in [2.05, 4.69) is 15.5 Å². The van der Waals surface area contributed by atoms with Gasteiger partial charge in [0.05, 0.1) is 0 Å². The molecule has 0 radical (unpaired) electrons. The summed E-state index contributed by atoms with van der Waals surface area (Å²) < 4.78 is 60.3. The summed E-state index contributed by atoms with van der Waals surface area (Å²) in [6.07, 6.45) is 0.438. The molecular formula is C11H12F3N5O2S. The average Bonchev–Trinajstić information content (AvgIpc) is 2.47. The van der Waals surface area contributed by atoms with Gasteiger partial charge in [0.15, 0.2) is 5.69 Å². The number of piperidine rings is 1. The fourth-order valence-electron chi connectivity index (χ4n) is 2.06. The second-order valence-corrected chi connectivity index (χ2v) is 6.61. The van der Waals surface area contributed by atoms with Gasteiger partial charge in [-0.15, -0.1) is 10.2 Å². The second-order valence-electron chi connectivity index (χ2n) is 4.68. The van der Waals surface area contributed by atoms with Crippen molar-refractivity contribution in [2.75, 3.05) is 18.4 Å². The van der Waals surface area contributed by atoms with Gasteiger partial charge in [0.1, 0.15) is 11.9 Å². The van der Waals surface area contributed by atoms with Gasteiger partial charge in [0, 0.05) is 19.1 Å². The Hall–Kier alpha value is -1.93. The number of nitriles is 1. The summed E-state index contributed by atoms with van der Waals surface area (Å²) in [5.41, 5.74) is -5.12. The number of aromatic nitrogens is 2. The van der Waals surface area contributed by atoms with Crippen molar-refractivity contribution in [3.8, 4) is 6.07 Å². The first kappa shape index (κ1) is 16.4. The zero-order valence-corrected chi connectivity index (χ0v) is 12.0. The molecule has 2 heterocycles. The average molecular weight is 335 g/mol. The number of nitrogens with zero attached hydrogens (tertiary/aromatic N) is 4. The third kappa shape index (κ3) is 3.45. The van der Waals surface area contributed by atoms with Crippen LogP contribution in [0.5, 0.6) is 0 Å². The third-order valence-electron chi connectivity index (χ3n) is 3.22. The molecule has 1 aromatic rings. The highest BCUT2D eigenvalue weighted by Gasteiger charge is 2.50. The molecular weight excluding hydrogens is 323 g/mol. The molecule has 0 bridgehead atoms. The maximum atomic E-state index is 12.4. The van der Waals surface area contributed by atoms with Crippen molar-refractivity contribution in [1.29, 1.82) is 5.26 Å². The number of hydrogen-bond acceptors (Lipinski definition) is 6. The molecule has 0 aromatic carbocycles. The van der Waals surface area contributed by atoms with Gasteiger partial charge in [-0.2, -0.15) is 22.7 Å². The minimum atomic E-state index is -5.27. The van der Waals surface area contributed by atoms with E-state index in [9.17, 15) is 21.6 Å². The van der Waals surface area contributed by atoms with Crippen molar-refractivity contribution in [3.63, 3.8) is 0 Å². The number of sulfonamides is 1. The first-order valence-corrected chi connectivity index (χ1v) is 7.75. The molecule has 2 rings (SSSR count). The number of rotatable bonds is 3. The van der Waals surface area contributed by atoms with Gasteiger partial charge in [0.25, 0.3) is 0 Å². The summed E-state index contributed by atoms with van der Waals surface area (Å²) in [7, 11) is -5.26. The Labute approximate surface area is 124 Å². The van der Waals surface area contributed by atoms with E-state index in [0.717, 1.165) is 0 Å².